The summed E-state index contributed by atoms with van der Waals surface area (Å²) in [4.78, 5) is 11.0. The summed E-state index contributed by atoms with van der Waals surface area (Å²) in [5.74, 6) is 3.56. The third kappa shape index (κ3) is 3.53. The van der Waals surface area contributed by atoms with E-state index in [1.165, 1.54) is 12.8 Å². The third-order valence-electron chi connectivity index (χ3n) is 4.92. The Kier molecular flexibility index (Phi) is 5.06. The number of rotatable bonds is 6. The van der Waals surface area contributed by atoms with E-state index < -0.39 is 0 Å². The fraction of sp³-hybridized carbons (Fsp3) is 0.474. The largest absolute Gasteiger partial charge is 0.486 e. The highest BCUT2D eigenvalue weighted by Gasteiger charge is 2.26. The van der Waals surface area contributed by atoms with Crippen LogP contribution in [-0.2, 0) is 6.54 Å². The van der Waals surface area contributed by atoms with Gasteiger partial charge in [0.2, 0.25) is 0 Å². The van der Waals surface area contributed by atoms with Crippen LogP contribution in [0.2, 0.25) is 0 Å². The van der Waals surface area contributed by atoms with Gasteiger partial charge in [0.15, 0.2) is 11.5 Å². The van der Waals surface area contributed by atoms with Crippen molar-refractivity contribution in [1.29, 1.82) is 0 Å². The van der Waals surface area contributed by atoms with Gasteiger partial charge in [-0.1, -0.05) is 12.1 Å². The van der Waals surface area contributed by atoms with E-state index in [4.69, 9.17) is 9.47 Å². The zero-order valence-electron chi connectivity index (χ0n) is 15.1. The summed E-state index contributed by atoms with van der Waals surface area (Å²) >= 11 is 0. The molecule has 1 saturated heterocycles. The van der Waals surface area contributed by atoms with Crippen LogP contribution < -0.4 is 25.0 Å². The molecule has 0 bridgehead atoms. The molecule has 2 N–H and O–H groups in total. The molecule has 1 unspecified atom stereocenters. The highest BCUT2D eigenvalue weighted by Crippen LogP contribution is 2.33. The number of anilines is 2. The number of benzene rings is 1. The molecular weight excluding hydrogens is 330 g/mol. The zero-order valence-corrected chi connectivity index (χ0v) is 15.1. The Hall–Kier alpha value is -2.54. The van der Waals surface area contributed by atoms with E-state index in [-0.39, 0.29) is 0 Å². The number of fused-ring (bicyclic) bond motifs is 1. The second-order valence-corrected chi connectivity index (χ2v) is 6.57. The summed E-state index contributed by atoms with van der Waals surface area (Å²) in [7, 11) is 1.88. The minimum atomic E-state index is 0.436. The molecule has 1 aromatic heterocycles. The number of aromatic nitrogens is 2. The molecule has 2 aliphatic heterocycles. The van der Waals surface area contributed by atoms with E-state index in [0.717, 1.165) is 48.3 Å². The van der Waals surface area contributed by atoms with Gasteiger partial charge in [-0.3, -0.25) is 0 Å². The second-order valence-electron chi connectivity index (χ2n) is 6.57. The van der Waals surface area contributed by atoms with Gasteiger partial charge in [0.25, 0.3) is 0 Å². The average Bonchev–Trinajstić information content (AvgIpc) is 3.17. The van der Waals surface area contributed by atoms with Crippen molar-refractivity contribution in [2.45, 2.75) is 25.4 Å². The van der Waals surface area contributed by atoms with Crippen LogP contribution in [0.15, 0.2) is 30.6 Å². The number of ether oxygens (including phenoxy) is 2. The predicted molar refractivity (Wildman–Crippen MR) is 101 cm³/mol. The fourth-order valence-corrected chi connectivity index (χ4v) is 3.64. The smallest absolute Gasteiger partial charge is 0.165 e. The van der Waals surface area contributed by atoms with Crippen LogP contribution in [-0.4, -0.2) is 49.4 Å². The Morgan fingerprint density at radius 2 is 2.15 bits per heavy atom. The van der Waals surface area contributed by atoms with E-state index in [2.05, 4.69) is 31.6 Å². The molecule has 7 heteroatoms. The molecule has 4 rings (SSSR count). The maximum atomic E-state index is 5.79. The highest BCUT2D eigenvalue weighted by molar-refractivity contribution is 5.50. The molecule has 0 amide bonds. The highest BCUT2D eigenvalue weighted by atomic mass is 16.6. The lowest BCUT2D eigenvalue weighted by molar-refractivity contribution is 0.169. The normalized spacial score (nSPS) is 18.8. The van der Waals surface area contributed by atoms with Gasteiger partial charge in [0.1, 0.15) is 31.2 Å². The SMILES string of the molecule is CNc1cc(N2CCCC2CNCc2cccc3c2OCCO3)ncn1. The van der Waals surface area contributed by atoms with Gasteiger partial charge < -0.3 is 25.0 Å². The van der Waals surface area contributed by atoms with Crippen molar-refractivity contribution in [3.05, 3.63) is 36.2 Å². The lowest BCUT2D eigenvalue weighted by Gasteiger charge is -2.26. The van der Waals surface area contributed by atoms with Gasteiger partial charge >= 0.3 is 0 Å². The first-order valence-corrected chi connectivity index (χ1v) is 9.20. The lowest BCUT2D eigenvalue weighted by atomic mass is 10.1. The lowest BCUT2D eigenvalue weighted by Crippen LogP contribution is -2.38. The molecule has 138 valence electrons. The minimum absolute atomic E-state index is 0.436. The number of hydrogen-bond donors (Lipinski definition) is 2. The van der Waals surface area contributed by atoms with Crippen molar-refractivity contribution >= 4 is 11.6 Å². The second kappa shape index (κ2) is 7.78. The van der Waals surface area contributed by atoms with Crippen molar-refractivity contribution in [3.63, 3.8) is 0 Å². The van der Waals surface area contributed by atoms with Crippen LogP contribution in [0.1, 0.15) is 18.4 Å². The van der Waals surface area contributed by atoms with E-state index in [0.29, 0.717) is 19.3 Å². The van der Waals surface area contributed by atoms with Gasteiger partial charge in [-0.25, -0.2) is 9.97 Å². The van der Waals surface area contributed by atoms with Crippen LogP contribution >= 0.6 is 0 Å². The summed E-state index contributed by atoms with van der Waals surface area (Å²) in [5, 5.41) is 6.67. The Balaban J connectivity index is 1.38. The predicted octanol–water partition coefficient (Wildman–Crippen LogP) is 2.05. The number of nitrogens with zero attached hydrogens (tertiary/aromatic N) is 3. The van der Waals surface area contributed by atoms with Crippen LogP contribution in [0.3, 0.4) is 0 Å². The number of para-hydroxylation sites is 1. The molecule has 2 aliphatic rings. The molecule has 1 fully saturated rings. The van der Waals surface area contributed by atoms with Crippen LogP contribution in [0, 0.1) is 0 Å². The molecule has 1 atom stereocenters. The van der Waals surface area contributed by atoms with Crippen molar-refractivity contribution in [2.24, 2.45) is 0 Å². The third-order valence-corrected chi connectivity index (χ3v) is 4.92. The van der Waals surface area contributed by atoms with Gasteiger partial charge in [-0.05, 0) is 18.9 Å². The Morgan fingerprint density at radius 1 is 1.23 bits per heavy atom. The summed E-state index contributed by atoms with van der Waals surface area (Å²) in [5.41, 5.74) is 1.14. The van der Waals surface area contributed by atoms with E-state index in [1.54, 1.807) is 6.33 Å². The molecular formula is C19H25N5O2. The maximum absolute atomic E-state index is 5.79. The fourth-order valence-electron chi connectivity index (χ4n) is 3.64. The van der Waals surface area contributed by atoms with Crippen molar-refractivity contribution in [3.8, 4) is 11.5 Å². The molecule has 2 aromatic rings. The Morgan fingerprint density at radius 3 is 3.08 bits per heavy atom. The van der Waals surface area contributed by atoms with Crippen molar-refractivity contribution in [2.75, 3.05) is 43.6 Å². The zero-order chi connectivity index (χ0) is 17.8. The molecule has 0 spiro atoms. The molecule has 1 aromatic carbocycles. The summed E-state index contributed by atoms with van der Waals surface area (Å²) in [6.45, 7) is 3.94. The van der Waals surface area contributed by atoms with Crippen molar-refractivity contribution < 1.29 is 9.47 Å². The van der Waals surface area contributed by atoms with Gasteiger partial charge in [0, 0.05) is 44.4 Å². The van der Waals surface area contributed by atoms with Crippen LogP contribution in [0.25, 0.3) is 0 Å². The van der Waals surface area contributed by atoms with Gasteiger partial charge in [-0.2, -0.15) is 0 Å². The molecule has 0 saturated carbocycles. The average molecular weight is 355 g/mol. The first-order valence-electron chi connectivity index (χ1n) is 9.20. The van der Waals surface area contributed by atoms with Gasteiger partial charge in [0.05, 0.1) is 0 Å². The quantitative estimate of drug-likeness (QED) is 0.822. The first-order chi connectivity index (χ1) is 12.8. The molecule has 26 heavy (non-hydrogen) atoms. The number of nitrogens with one attached hydrogen (secondary N) is 2. The molecule has 7 nitrogen and oxygen atoms in total. The molecule has 0 radical (unpaired) electrons. The Labute approximate surface area is 153 Å². The summed E-state index contributed by atoms with van der Waals surface area (Å²) in [6, 6.07) is 8.53. The van der Waals surface area contributed by atoms with E-state index >= 15 is 0 Å². The van der Waals surface area contributed by atoms with E-state index in [1.807, 2.05) is 25.2 Å². The summed E-state index contributed by atoms with van der Waals surface area (Å²) < 4.78 is 11.5. The van der Waals surface area contributed by atoms with Crippen LogP contribution in [0.4, 0.5) is 11.6 Å². The number of hydrogen-bond acceptors (Lipinski definition) is 7. The monoisotopic (exact) mass is 355 g/mol. The first kappa shape index (κ1) is 16.9. The molecule has 0 aliphatic carbocycles. The van der Waals surface area contributed by atoms with Gasteiger partial charge in [-0.15, -0.1) is 0 Å². The molecule has 3 heterocycles. The Bertz CT molecular complexity index is 754. The topological polar surface area (TPSA) is 71.5 Å². The van der Waals surface area contributed by atoms with E-state index in [9.17, 15) is 0 Å². The maximum Gasteiger partial charge on any atom is 0.165 e. The summed E-state index contributed by atoms with van der Waals surface area (Å²) in [6.07, 6.45) is 3.97. The van der Waals surface area contributed by atoms with Crippen LogP contribution in [0.5, 0.6) is 11.5 Å². The van der Waals surface area contributed by atoms with Crippen molar-refractivity contribution in [1.82, 2.24) is 15.3 Å². The standard InChI is InChI=1S/C19H25N5O2/c1-20-17-10-18(23-13-22-17)24-7-3-5-15(24)12-21-11-14-4-2-6-16-19(14)26-9-8-25-16/h2,4,6,10,13,15,21H,3,5,7-9,11-12H2,1H3,(H,20,22,23). The minimum Gasteiger partial charge on any atom is -0.486 e.